The molecule has 1 aromatic heterocycles. The number of imidazole rings is 1. The zero-order valence-electron chi connectivity index (χ0n) is 10.7. The lowest BCUT2D eigenvalue weighted by atomic mass is 9.91. The molecule has 0 amide bonds. The molecule has 3 nitrogen and oxygen atoms in total. The number of fused-ring (bicyclic) bond motifs is 1. The first-order valence-corrected chi connectivity index (χ1v) is 6.73. The van der Waals surface area contributed by atoms with Crippen LogP contribution in [0.3, 0.4) is 0 Å². The number of aromatic amines is 1. The molecule has 19 heavy (non-hydrogen) atoms. The Morgan fingerprint density at radius 3 is 2.47 bits per heavy atom. The monoisotopic (exact) mass is 265 g/mol. The maximum absolute atomic E-state index is 13.7. The van der Waals surface area contributed by atoms with E-state index in [0.717, 1.165) is 31.7 Å². The molecule has 102 valence electrons. The predicted octanol–water partition coefficient (Wildman–Crippen LogP) is 3.35. The smallest absolute Gasteiger partial charge is 0.186 e. The molecular weight excluding hydrogens is 248 g/mol. The maximum atomic E-state index is 13.7. The molecule has 0 bridgehead atoms. The number of halogens is 2. The van der Waals surface area contributed by atoms with Crippen molar-refractivity contribution in [2.24, 2.45) is 5.73 Å². The highest BCUT2D eigenvalue weighted by Gasteiger charge is 2.32. The Morgan fingerprint density at radius 2 is 1.79 bits per heavy atom. The topological polar surface area (TPSA) is 54.7 Å². The lowest BCUT2D eigenvalue weighted by Gasteiger charge is -2.25. The summed E-state index contributed by atoms with van der Waals surface area (Å²) in [5.41, 5.74) is 6.43. The fourth-order valence-corrected chi connectivity index (χ4v) is 2.85. The molecule has 1 fully saturated rings. The number of hydrogen-bond donors (Lipinski definition) is 2. The Balaban J connectivity index is 2.07. The van der Waals surface area contributed by atoms with E-state index in [9.17, 15) is 8.78 Å². The van der Waals surface area contributed by atoms with Crippen molar-refractivity contribution in [2.75, 3.05) is 0 Å². The van der Waals surface area contributed by atoms with Gasteiger partial charge in [0.1, 0.15) is 11.3 Å². The van der Waals surface area contributed by atoms with Crippen molar-refractivity contribution in [3.63, 3.8) is 0 Å². The van der Waals surface area contributed by atoms with Gasteiger partial charge in [-0.15, -0.1) is 0 Å². The van der Waals surface area contributed by atoms with Gasteiger partial charge in [-0.05, 0) is 25.0 Å². The van der Waals surface area contributed by atoms with Crippen molar-refractivity contribution < 1.29 is 8.78 Å². The molecule has 1 heterocycles. The number of nitrogens with two attached hydrogens (primary N) is 1. The van der Waals surface area contributed by atoms with Crippen molar-refractivity contribution in [1.29, 1.82) is 0 Å². The summed E-state index contributed by atoms with van der Waals surface area (Å²) in [6.07, 6.45) is 6.09. The van der Waals surface area contributed by atoms with Gasteiger partial charge in [0.25, 0.3) is 0 Å². The molecule has 2 aromatic rings. The molecule has 0 saturated heterocycles. The Bertz CT molecular complexity index is 598. The van der Waals surface area contributed by atoms with E-state index in [2.05, 4.69) is 9.97 Å². The molecule has 0 atom stereocenters. The highest BCUT2D eigenvalue weighted by molar-refractivity contribution is 5.76. The van der Waals surface area contributed by atoms with Gasteiger partial charge < -0.3 is 10.7 Å². The zero-order valence-corrected chi connectivity index (χ0v) is 10.7. The Kier molecular flexibility index (Phi) is 3.01. The Labute approximate surface area is 110 Å². The quantitative estimate of drug-likeness (QED) is 0.777. The Morgan fingerprint density at radius 1 is 1.11 bits per heavy atom. The number of aromatic nitrogens is 2. The first kappa shape index (κ1) is 12.5. The molecule has 5 heteroatoms. The third kappa shape index (κ3) is 2.12. The lowest BCUT2D eigenvalue weighted by molar-refractivity contribution is 0.366. The van der Waals surface area contributed by atoms with E-state index in [-0.39, 0.29) is 5.52 Å². The van der Waals surface area contributed by atoms with E-state index >= 15 is 0 Å². The van der Waals surface area contributed by atoms with Crippen molar-refractivity contribution in [3.8, 4) is 0 Å². The van der Waals surface area contributed by atoms with Gasteiger partial charge >= 0.3 is 0 Å². The minimum absolute atomic E-state index is 0.0454. The van der Waals surface area contributed by atoms with Crippen LogP contribution in [0, 0.1) is 11.6 Å². The third-order valence-electron chi connectivity index (χ3n) is 4.01. The third-order valence-corrected chi connectivity index (χ3v) is 4.01. The van der Waals surface area contributed by atoms with Crippen LogP contribution in [0.5, 0.6) is 0 Å². The lowest BCUT2D eigenvalue weighted by Crippen LogP contribution is -2.37. The Hall–Kier alpha value is -1.49. The van der Waals surface area contributed by atoms with Crippen LogP contribution in [0.2, 0.25) is 0 Å². The molecule has 1 aromatic carbocycles. The fourth-order valence-electron chi connectivity index (χ4n) is 2.85. The van der Waals surface area contributed by atoms with E-state index in [1.165, 1.54) is 18.9 Å². The predicted molar refractivity (Wildman–Crippen MR) is 69.6 cm³/mol. The number of H-pyrrole nitrogens is 1. The second-order valence-electron chi connectivity index (χ2n) is 5.41. The molecule has 0 radical (unpaired) electrons. The molecule has 1 saturated carbocycles. The molecule has 0 aliphatic heterocycles. The van der Waals surface area contributed by atoms with Crippen LogP contribution in [-0.2, 0) is 5.54 Å². The van der Waals surface area contributed by atoms with Gasteiger partial charge in [-0.25, -0.2) is 13.8 Å². The van der Waals surface area contributed by atoms with Gasteiger partial charge in [0.15, 0.2) is 11.6 Å². The summed E-state index contributed by atoms with van der Waals surface area (Å²) in [5.74, 6) is -1.20. The van der Waals surface area contributed by atoms with Crippen molar-refractivity contribution in [3.05, 3.63) is 29.6 Å². The minimum Gasteiger partial charge on any atom is -0.340 e. The van der Waals surface area contributed by atoms with Gasteiger partial charge in [-0.1, -0.05) is 25.7 Å². The summed E-state index contributed by atoms with van der Waals surface area (Å²) >= 11 is 0. The van der Waals surface area contributed by atoms with Gasteiger partial charge in [0, 0.05) is 0 Å². The summed E-state index contributed by atoms with van der Waals surface area (Å²) in [6, 6.07) is 2.61. The first-order chi connectivity index (χ1) is 9.10. The average Bonchev–Trinajstić information content (AvgIpc) is 2.72. The van der Waals surface area contributed by atoms with Crippen LogP contribution in [0.4, 0.5) is 8.78 Å². The maximum Gasteiger partial charge on any atom is 0.186 e. The summed E-state index contributed by atoms with van der Waals surface area (Å²) < 4.78 is 26.9. The number of benzene rings is 1. The second-order valence-corrected chi connectivity index (χ2v) is 5.41. The van der Waals surface area contributed by atoms with E-state index in [1.807, 2.05) is 0 Å². The van der Waals surface area contributed by atoms with Gasteiger partial charge in [-0.3, -0.25) is 0 Å². The van der Waals surface area contributed by atoms with Crippen LogP contribution in [-0.4, -0.2) is 9.97 Å². The van der Waals surface area contributed by atoms with Crippen LogP contribution in [0.25, 0.3) is 11.0 Å². The van der Waals surface area contributed by atoms with E-state index in [0.29, 0.717) is 11.3 Å². The standard InChI is InChI=1S/C14H17F2N3/c15-9-5-6-10-12(11(9)16)19-13(18-10)14(17)7-3-1-2-4-8-14/h5-6H,1-4,7-8,17H2,(H,18,19). The molecule has 1 aliphatic rings. The van der Waals surface area contributed by atoms with E-state index in [4.69, 9.17) is 5.73 Å². The number of rotatable bonds is 1. The van der Waals surface area contributed by atoms with Gasteiger partial charge in [-0.2, -0.15) is 0 Å². The van der Waals surface area contributed by atoms with Crippen LogP contribution in [0.15, 0.2) is 12.1 Å². The van der Waals surface area contributed by atoms with E-state index in [1.54, 1.807) is 0 Å². The summed E-state index contributed by atoms with van der Waals surface area (Å²) in [7, 11) is 0. The molecule has 0 spiro atoms. The summed E-state index contributed by atoms with van der Waals surface area (Å²) in [4.78, 5) is 7.27. The zero-order chi connectivity index (χ0) is 13.5. The highest BCUT2D eigenvalue weighted by Crippen LogP contribution is 2.33. The van der Waals surface area contributed by atoms with Crippen molar-refractivity contribution >= 4 is 11.0 Å². The number of nitrogens with zero attached hydrogens (tertiary/aromatic N) is 1. The highest BCUT2D eigenvalue weighted by atomic mass is 19.2. The second kappa shape index (κ2) is 4.56. The average molecular weight is 265 g/mol. The van der Waals surface area contributed by atoms with Crippen molar-refractivity contribution in [1.82, 2.24) is 9.97 Å². The first-order valence-electron chi connectivity index (χ1n) is 6.73. The van der Waals surface area contributed by atoms with Gasteiger partial charge in [0.05, 0.1) is 11.1 Å². The van der Waals surface area contributed by atoms with E-state index < -0.39 is 17.2 Å². The van der Waals surface area contributed by atoms with Crippen LogP contribution >= 0.6 is 0 Å². The summed E-state index contributed by atoms with van der Waals surface area (Å²) in [5, 5.41) is 0. The minimum atomic E-state index is -0.905. The normalized spacial score (nSPS) is 19.5. The molecular formula is C14H17F2N3. The van der Waals surface area contributed by atoms with Crippen LogP contribution in [0.1, 0.15) is 44.3 Å². The fraction of sp³-hybridized carbons (Fsp3) is 0.500. The van der Waals surface area contributed by atoms with Crippen LogP contribution < -0.4 is 5.73 Å². The van der Waals surface area contributed by atoms with Crippen molar-refractivity contribution in [2.45, 2.75) is 44.1 Å². The number of hydrogen-bond acceptors (Lipinski definition) is 2. The SMILES string of the molecule is NC1(c2nc3c(F)c(F)ccc3[nH]2)CCCCCC1. The molecule has 1 aliphatic carbocycles. The largest absolute Gasteiger partial charge is 0.340 e. The molecule has 0 unspecified atom stereocenters. The number of nitrogens with one attached hydrogen (secondary N) is 1. The molecule has 3 rings (SSSR count). The van der Waals surface area contributed by atoms with Gasteiger partial charge in [0.2, 0.25) is 0 Å². The summed E-state index contributed by atoms with van der Waals surface area (Å²) in [6.45, 7) is 0. The molecule has 3 N–H and O–H groups in total.